The molecule has 0 bridgehead atoms. The van der Waals surface area contributed by atoms with Crippen molar-refractivity contribution in [2.75, 3.05) is 14.2 Å². The molecule has 0 amide bonds. The zero-order valence-corrected chi connectivity index (χ0v) is 13.6. The fraction of sp³-hybridized carbons (Fsp3) is 0.167. The zero-order chi connectivity index (χ0) is 15.5. The number of thiazole rings is 1. The van der Waals surface area contributed by atoms with Crippen LogP contribution in [0.5, 0.6) is 11.5 Å². The topological polar surface area (TPSA) is 31.4 Å². The average molecular weight is 311 g/mol. The summed E-state index contributed by atoms with van der Waals surface area (Å²) in [7, 11) is 3.28. The van der Waals surface area contributed by atoms with Crippen LogP contribution in [0.3, 0.4) is 0 Å². The number of nitrogens with zero attached hydrogens (tertiary/aromatic N) is 1. The van der Waals surface area contributed by atoms with E-state index in [9.17, 15) is 0 Å². The van der Waals surface area contributed by atoms with E-state index < -0.39 is 0 Å². The maximum atomic E-state index is 5.36. The van der Waals surface area contributed by atoms with Gasteiger partial charge in [-0.1, -0.05) is 24.3 Å². The molecule has 0 aliphatic carbocycles. The lowest BCUT2D eigenvalue weighted by molar-refractivity contribution is 0.355. The van der Waals surface area contributed by atoms with Crippen molar-refractivity contribution in [3.8, 4) is 33.3 Å². The van der Waals surface area contributed by atoms with Gasteiger partial charge in [0.1, 0.15) is 5.01 Å². The van der Waals surface area contributed by atoms with Crippen molar-refractivity contribution in [1.82, 2.24) is 4.98 Å². The number of ether oxygens (including phenoxy) is 2. The lowest BCUT2D eigenvalue weighted by atomic mass is 10.1. The Balaban J connectivity index is 1.99. The van der Waals surface area contributed by atoms with E-state index in [1.807, 2.05) is 30.3 Å². The summed E-state index contributed by atoms with van der Waals surface area (Å²) in [4.78, 5) is 4.76. The van der Waals surface area contributed by atoms with Gasteiger partial charge in [0.25, 0.3) is 0 Å². The number of aryl methyl sites for hydroxylation is 1. The van der Waals surface area contributed by atoms with Gasteiger partial charge in [-0.3, -0.25) is 0 Å². The van der Waals surface area contributed by atoms with Crippen LogP contribution in [-0.2, 0) is 0 Å². The minimum atomic E-state index is 0.713. The van der Waals surface area contributed by atoms with Crippen LogP contribution < -0.4 is 9.47 Å². The van der Waals surface area contributed by atoms with E-state index in [2.05, 4.69) is 24.4 Å². The van der Waals surface area contributed by atoms with Gasteiger partial charge < -0.3 is 9.47 Å². The molecule has 0 saturated carbocycles. The number of hydrogen-bond acceptors (Lipinski definition) is 4. The van der Waals surface area contributed by atoms with Crippen molar-refractivity contribution < 1.29 is 9.47 Å². The van der Waals surface area contributed by atoms with Crippen LogP contribution >= 0.6 is 11.3 Å². The van der Waals surface area contributed by atoms with Crippen LogP contribution in [0.25, 0.3) is 21.8 Å². The summed E-state index contributed by atoms with van der Waals surface area (Å²) in [5, 5.41) is 3.10. The molecular formula is C18H17NO2S. The minimum absolute atomic E-state index is 0.713. The molecule has 3 nitrogen and oxygen atoms in total. The largest absolute Gasteiger partial charge is 0.493 e. The van der Waals surface area contributed by atoms with Gasteiger partial charge in [0, 0.05) is 16.5 Å². The summed E-state index contributed by atoms with van der Waals surface area (Å²) in [6.07, 6.45) is 0. The monoisotopic (exact) mass is 311 g/mol. The van der Waals surface area contributed by atoms with E-state index in [0.29, 0.717) is 5.75 Å². The Labute approximate surface area is 134 Å². The molecular weight excluding hydrogens is 294 g/mol. The Morgan fingerprint density at radius 1 is 0.955 bits per heavy atom. The number of methoxy groups -OCH3 is 2. The lowest BCUT2D eigenvalue weighted by Crippen LogP contribution is -1.91. The second-order valence-electron chi connectivity index (χ2n) is 4.92. The number of aromatic nitrogens is 1. The van der Waals surface area contributed by atoms with Crippen molar-refractivity contribution in [1.29, 1.82) is 0 Å². The molecule has 0 saturated heterocycles. The molecule has 112 valence electrons. The van der Waals surface area contributed by atoms with Crippen molar-refractivity contribution >= 4 is 11.3 Å². The molecule has 0 fully saturated rings. The Morgan fingerprint density at radius 3 is 2.45 bits per heavy atom. The lowest BCUT2D eigenvalue weighted by Gasteiger charge is -2.08. The molecule has 0 atom stereocenters. The molecule has 0 aliphatic heterocycles. The second kappa shape index (κ2) is 6.20. The van der Waals surface area contributed by atoms with Gasteiger partial charge in [-0.25, -0.2) is 4.98 Å². The van der Waals surface area contributed by atoms with Crippen LogP contribution in [-0.4, -0.2) is 19.2 Å². The van der Waals surface area contributed by atoms with E-state index in [1.54, 1.807) is 25.6 Å². The van der Waals surface area contributed by atoms with Crippen molar-refractivity contribution in [2.24, 2.45) is 0 Å². The summed E-state index contributed by atoms with van der Waals surface area (Å²) in [6.45, 7) is 2.10. The van der Waals surface area contributed by atoms with E-state index in [-0.39, 0.29) is 0 Å². The maximum absolute atomic E-state index is 5.36. The molecule has 0 radical (unpaired) electrons. The van der Waals surface area contributed by atoms with E-state index >= 15 is 0 Å². The van der Waals surface area contributed by atoms with Gasteiger partial charge in [0.2, 0.25) is 0 Å². The van der Waals surface area contributed by atoms with Crippen LogP contribution in [0.4, 0.5) is 0 Å². The highest BCUT2D eigenvalue weighted by Gasteiger charge is 2.11. The quantitative estimate of drug-likeness (QED) is 0.693. The molecule has 2 aromatic carbocycles. The first-order valence-corrected chi connectivity index (χ1v) is 7.85. The summed E-state index contributed by atoms with van der Waals surface area (Å²) < 4.78 is 10.6. The molecule has 4 heteroatoms. The van der Waals surface area contributed by atoms with Crippen LogP contribution in [0.15, 0.2) is 47.8 Å². The Kier molecular flexibility index (Phi) is 4.11. The predicted octanol–water partition coefficient (Wildman–Crippen LogP) is 4.80. The first-order valence-electron chi connectivity index (χ1n) is 6.97. The smallest absolute Gasteiger partial charge is 0.161 e. The Bertz CT molecular complexity index is 795. The van der Waals surface area contributed by atoms with Crippen molar-refractivity contribution in [2.45, 2.75) is 6.92 Å². The molecule has 3 aromatic rings. The number of benzene rings is 2. The van der Waals surface area contributed by atoms with Gasteiger partial charge in [0.05, 0.1) is 19.9 Å². The molecule has 0 N–H and O–H groups in total. The summed E-state index contributed by atoms with van der Waals surface area (Å²) in [5.74, 6) is 1.44. The van der Waals surface area contributed by atoms with Crippen LogP contribution in [0, 0.1) is 6.92 Å². The zero-order valence-electron chi connectivity index (χ0n) is 12.8. The van der Waals surface area contributed by atoms with Gasteiger partial charge in [-0.15, -0.1) is 11.3 Å². The molecule has 1 heterocycles. The maximum Gasteiger partial charge on any atom is 0.161 e. The van der Waals surface area contributed by atoms with E-state index in [4.69, 9.17) is 14.5 Å². The third kappa shape index (κ3) is 2.70. The van der Waals surface area contributed by atoms with Gasteiger partial charge >= 0.3 is 0 Å². The van der Waals surface area contributed by atoms with Gasteiger partial charge in [-0.2, -0.15) is 0 Å². The molecule has 0 unspecified atom stereocenters. The highest BCUT2D eigenvalue weighted by atomic mass is 32.1. The SMILES string of the molecule is COc1ccc(-c2csc(-c3ccccc3C)n2)cc1OC. The normalized spacial score (nSPS) is 10.5. The second-order valence-corrected chi connectivity index (χ2v) is 5.78. The van der Waals surface area contributed by atoms with Crippen molar-refractivity contribution in [3.05, 3.63) is 53.4 Å². The highest BCUT2D eigenvalue weighted by Crippen LogP contribution is 2.35. The molecule has 3 rings (SSSR count). The van der Waals surface area contributed by atoms with Gasteiger partial charge in [0.15, 0.2) is 11.5 Å². The average Bonchev–Trinajstić information content (AvgIpc) is 3.04. The Hall–Kier alpha value is -2.33. The fourth-order valence-electron chi connectivity index (χ4n) is 2.34. The first-order chi connectivity index (χ1) is 10.7. The van der Waals surface area contributed by atoms with Crippen LogP contribution in [0.2, 0.25) is 0 Å². The van der Waals surface area contributed by atoms with Crippen molar-refractivity contribution in [3.63, 3.8) is 0 Å². The summed E-state index contributed by atoms with van der Waals surface area (Å²) in [6, 6.07) is 14.1. The third-order valence-corrected chi connectivity index (χ3v) is 4.43. The highest BCUT2D eigenvalue weighted by molar-refractivity contribution is 7.13. The number of hydrogen-bond donors (Lipinski definition) is 0. The molecule has 1 aromatic heterocycles. The first kappa shape index (κ1) is 14.6. The molecule has 0 aliphatic rings. The minimum Gasteiger partial charge on any atom is -0.493 e. The predicted molar refractivity (Wildman–Crippen MR) is 90.8 cm³/mol. The number of rotatable bonds is 4. The van der Waals surface area contributed by atoms with Crippen LogP contribution in [0.1, 0.15) is 5.56 Å². The van der Waals surface area contributed by atoms with Gasteiger partial charge in [-0.05, 0) is 30.7 Å². The Morgan fingerprint density at radius 2 is 1.73 bits per heavy atom. The summed E-state index contributed by atoms with van der Waals surface area (Å²) >= 11 is 1.65. The van der Waals surface area contributed by atoms with E-state index in [1.165, 1.54) is 11.1 Å². The standard InChI is InChI=1S/C18H17NO2S/c1-12-6-4-5-7-14(12)18-19-15(11-22-18)13-8-9-16(20-2)17(10-13)21-3/h4-11H,1-3H3. The summed E-state index contributed by atoms with van der Waals surface area (Å²) in [5.41, 5.74) is 4.38. The third-order valence-electron chi connectivity index (χ3n) is 3.56. The molecule has 0 spiro atoms. The van der Waals surface area contributed by atoms with E-state index in [0.717, 1.165) is 22.0 Å². The molecule has 22 heavy (non-hydrogen) atoms. The fourth-order valence-corrected chi connectivity index (χ4v) is 3.26.